The zero-order valence-electron chi connectivity index (χ0n) is 16.1. The second-order valence-electron chi connectivity index (χ2n) is 6.36. The first-order chi connectivity index (χ1) is 15.5. The molecule has 0 atom stereocenters. The summed E-state index contributed by atoms with van der Waals surface area (Å²) in [5.41, 5.74) is -2.87. The van der Waals surface area contributed by atoms with Gasteiger partial charge in [-0.05, 0) is 23.8 Å². The van der Waals surface area contributed by atoms with Crippen LogP contribution >= 0.6 is 0 Å². The SMILES string of the molecule is O=S(=O)(O)C(F)(F)Cc1c(F)c(F)c(F)c(F)c1F.O=S(=O)(O)C(F)(F)Cc1cc(F)ccc1F. The van der Waals surface area contributed by atoms with Gasteiger partial charge in [-0.2, -0.15) is 34.4 Å². The first-order valence-electron chi connectivity index (χ1n) is 8.17. The summed E-state index contributed by atoms with van der Waals surface area (Å²) in [4.78, 5) is 0. The molecule has 0 saturated carbocycles. The maximum atomic E-state index is 13.0. The van der Waals surface area contributed by atoms with Gasteiger partial charge in [0.2, 0.25) is 5.82 Å². The molecule has 0 aromatic heterocycles. The highest BCUT2D eigenvalue weighted by molar-refractivity contribution is 7.87. The van der Waals surface area contributed by atoms with E-state index < -0.39 is 95.4 Å². The molecule has 0 radical (unpaired) electrons. The summed E-state index contributed by atoms with van der Waals surface area (Å²) >= 11 is 0. The molecule has 0 aliphatic rings. The van der Waals surface area contributed by atoms with Gasteiger partial charge in [0.25, 0.3) is 0 Å². The Balaban J connectivity index is 0.000000355. The fraction of sp³-hybridized carbons (Fsp3) is 0.250. The molecule has 2 rings (SSSR count). The molecule has 19 heteroatoms. The van der Waals surface area contributed by atoms with Crippen molar-refractivity contribution in [3.8, 4) is 0 Å². The molecule has 0 spiro atoms. The van der Waals surface area contributed by atoms with Crippen LogP contribution in [0.25, 0.3) is 0 Å². The highest BCUT2D eigenvalue weighted by Crippen LogP contribution is 2.31. The fourth-order valence-corrected chi connectivity index (χ4v) is 2.76. The van der Waals surface area contributed by atoms with Crippen molar-refractivity contribution in [3.05, 3.63) is 70.0 Å². The molecule has 0 aliphatic heterocycles. The number of hydrogen-bond acceptors (Lipinski definition) is 4. The lowest BCUT2D eigenvalue weighted by Crippen LogP contribution is -2.32. The van der Waals surface area contributed by atoms with E-state index in [2.05, 4.69) is 0 Å². The molecule has 0 saturated heterocycles. The van der Waals surface area contributed by atoms with Crippen LogP contribution in [0.5, 0.6) is 0 Å². The van der Waals surface area contributed by atoms with Crippen molar-refractivity contribution in [1.29, 1.82) is 0 Å². The lowest BCUT2D eigenvalue weighted by molar-refractivity contribution is 0.0786. The van der Waals surface area contributed by atoms with Crippen LogP contribution in [-0.2, 0) is 33.1 Å². The van der Waals surface area contributed by atoms with E-state index in [1.807, 2.05) is 0 Å². The van der Waals surface area contributed by atoms with Crippen LogP contribution < -0.4 is 0 Å². The van der Waals surface area contributed by atoms with E-state index in [9.17, 15) is 65.1 Å². The van der Waals surface area contributed by atoms with Gasteiger partial charge >= 0.3 is 30.7 Å². The summed E-state index contributed by atoms with van der Waals surface area (Å²) in [6, 6.07) is 1.73. The molecule has 2 N–H and O–H groups in total. The molecule has 35 heavy (non-hydrogen) atoms. The zero-order chi connectivity index (χ0) is 27.7. The standard InChI is InChI=1S/C8H3F7O3S.C8H6F4O3S/c9-3-2(1-8(14,15)19(16,17)18)4(10)6(12)7(13)5(3)11;9-6-1-2-7(10)5(3-6)4-8(11,12)16(13,14)15/h1H2,(H,16,17,18);1-3H,4H2,(H,13,14,15). The number of alkyl halides is 4. The van der Waals surface area contributed by atoms with Crippen molar-refractivity contribution in [2.45, 2.75) is 23.4 Å². The molecule has 2 aromatic rings. The van der Waals surface area contributed by atoms with E-state index in [4.69, 9.17) is 9.11 Å². The van der Waals surface area contributed by atoms with E-state index >= 15 is 0 Å². The van der Waals surface area contributed by atoms with Gasteiger partial charge in [-0.25, -0.2) is 30.7 Å². The summed E-state index contributed by atoms with van der Waals surface area (Å²) in [6.45, 7) is 0. The normalized spacial score (nSPS) is 12.8. The Morgan fingerprint density at radius 3 is 1.40 bits per heavy atom. The van der Waals surface area contributed by atoms with Crippen molar-refractivity contribution in [3.63, 3.8) is 0 Å². The molecule has 0 aliphatic carbocycles. The Bertz CT molecular complexity index is 1300. The Morgan fingerprint density at radius 2 is 1.00 bits per heavy atom. The van der Waals surface area contributed by atoms with Gasteiger partial charge in [0, 0.05) is 5.56 Å². The van der Waals surface area contributed by atoms with Gasteiger partial charge in [0.1, 0.15) is 11.6 Å². The van der Waals surface area contributed by atoms with Gasteiger partial charge in [-0.15, -0.1) is 0 Å². The Morgan fingerprint density at radius 1 is 0.629 bits per heavy atom. The minimum atomic E-state index is -6.08. The van der Waals surface area contributed by atoms with Gasteiger partial charge in [0.15, 0.2) is 23.3 Å². The first-order valence-corrected chi connectivity index (χ1v) is 11.1. The van der Waals surface area contributed by atoms with Crippen LogP contribution in [0, 0.1) is 40.7 Å². The average molecular weight is 570 g/mol. The molecule has 0 unspecified atom stereocenters. The third-order valence-electron chi connectivity index (χ3n) is 3.84. The van der Waals surface area contributed by atoms with Crippen LogP contribution in [0.15, 0.2) is 18.2 Å². The number of halogens is 11. The average Bonchev–Trinajstić information content (AvgIpc) is 2.69. The fourth-order valence-electron chi connectivity index (χ4n) is 2.09. The number of hydrogen-bond donors (Lipinski definition) is 2. The van der Waals surface area contributed by atoms with Gasteiger partial charge in [-0.3, -0.25) is 9.11 Å². The summed E-state index contributed by atoms with van der Waals surface area (Å²) in [6.07, 6.45) is -4.03. The molecule has 0 heterocycles. The third-order valence-corrected chi connectivity index (χ3v) is 5.64. The molecule has 6 nitrogen and oxygen atoms in total. The predicted octanol–water partition coefficient (Wildman–Crippen LogP) is 4.39. The van der Waals surface area contributed by atoms with E-state index in [0.29, 0.717) is 18.2 Å². The minimum Gasteiger partial charge on any atom is -0.281 e. The lowest BCUT2D eigenvalue weighted by atomic mass is 10.1. The third kappa shape index (κ3) is 7.01. The number of rotatable bonds is 6. The Kier molecular flexibility index (Phi) is 8.92. The van der Waals surface area contributed by atoms with E-state index in [1.54, 1.807) is 0 Å². The monoisotopic (exact) mass is 570 g/mol. The van der Waals surface area contributed by atoms with E-state index in [0.717, 1.165) is 0 Å². The summed E-state index contributed by atoms with van der Waals surface area (Å²) in [5.74, 6) is -14.9. The molecule has 198 valence electrons. The highest BCUT2D eigenvalue weighted by atomic mass is 32.2. The Labute approximate surface area is 188 Å². The van der Waals surface area contributed by atoms with Crippen molar-refractivity contribution in [2.24, 2.45) is 0 Å². The van der Waals surface area contributed by atoms with E-state index in [-0.39, 0.29) is 0 Å². The van der Waals surface area contributed by atoms with Gasteiger partial charge in [0.05, 0.1) is 12.8 Å². The van der Waals surface area contributed by atoms with Gasteiger partial charge < -0.3 is 0 Å². The largest absolute Gasteiger partial charge is 0.374 e. The molecule has 0 bridgehead atoms. The predicted molar refractivity (Wildman–Crippen MR) is 93.0 cm³/mol. The summed E-state index contributed by atoms with van der Waals surface area (Å²) in [7, 11) is -11.7. The minimum absolute atomic E-state index is 0.439. The lowest BCUT2D eigenvalue weighted by Gasteiger charge is -2.14. The second kappa shape index (κ2) is 10.2. The number of benzene rings is 2. The van der Waals surface area contributed by atoms with Crippen molar-refractivity contribution < 1.29 is 74.2 Å². The van der Waals surface area contributed by atoms with E-state index in [1.165, 1.54) is 0 Å². The molecule has 2 aromatic carbocycles. The van der Waals surface area contributed by atoms with Crippen LogP contribution in [0.1, 0.15) is 11.1 Å². The van der Waals surface area contributed by atoms with Crippen molar-refractivity contribution in [2.75, 3.05) is 0 Å². The maximum absolute atomic E-state index is 13.0. The van der Waals surface area contributed by atoms with Crippen LogP contribution in [0.4, 0.5) is 48.3 Å². The van der Waals surface area contributed by atoms with Crippen molar-refractivity contribution >= 4 is 20.2 Å². The first kappa shape index (κ1) is 30.5. The highest BCUT2D eigenvalue weighted by Gasteiger charge is 2.46. The van der Waals surface area contributed by atoms with Crippen molar-refractivity contribution in [1.82, 2.24) is 0 Å². The maximum Gasteiger partial charge on any atom is 0.374 e. The van der Waals surface area contributed by atoms with Crippen LogP contribution in [0.2, 0.25) is 0 Å². The second-order valence-corrected chi connectivity index (χ2v) is 9.46. The summed E-state index contributed by atoms with van der Waals surface area (Å²) in [5, 5.41) is -9.66. The quantitative estimate of drug-likeness (QED) is 0.231. The molecular formula is C16H9F11O6S2. The molecular weight excluding hydrogens is 561 g/mol. The van der Waals surface area contributed by atoms with Gasteiger partial charge in [-0.1, -0.05) is 0 Å². The Hall–Kier alpha value is -2.51. The van der Waals surface area contributed by atoms with Crippen LogP contribution in [-0.4, -0.2) is 36.5 Å². The molecule has 0 amide bonds. The molecule has 0 fully saturated rings. The van der Waals surface area contributed by atoms with Crippen LogP contribution in [0.3, 0.4) is 0 Å². The summed E-state index contributed by atoms with van der Waals surface area (Å²) < 4.78 is 198. The topological polar surface area (TPSA) is 109 Å². The zero-order valence-corrected chi connectivity index (χ0v) is 17.8. The smallest absolute Gasteiger partial charge is 0.281 e.